The standard InChI is InChI=1S/C24H20N4O3S/c1-15-5-10-19(26-22(29)16-6-8-17(9-7-16)23(30)31-2)12-20(15)27-24-28-21(14-32-24)18-4-3-11-25-13-18/h3-14H,1-2H3,(H,26,29)(H,27,28). The molecule has 0 radical (unpaired) electrons. The fourth-order valence-corrected chi connectivity index (χ4v) is 3.74. The largest absolute Gasteiger partial charge is 0.465 e. The number of rotatable bonds is 6. The second-order valence-electron chi connectivity index (χ2n) is 6.96. The van der Waals surface area contributed by atoms with E-state index in [1.54, 1.807) is 36.7 Å². The number of hydrogen-bond acceptors (Lipinski definition) is 7. The first kappa shape index (κ1) is 21.2. The number of ether oxygens (including phenoxy) is 1. The van der Waals surface area contributed by atoms with E-state index in [4.69, 9.17) is 0 Å². The third kappa shape index (κ3) is 4.81. The van der Waals surface area contributed by atoms with Gasteiger partial charge in [-0.1, -0.05) is 6.07 Å². The van der Waals surface area contributed by atoms with Gasteiger partial charge in [0.2, 0.25) is 0 Å². The lowest BCUT2D eigenvalue weighted by atomic mass is 10.1. The number of carbonyl (C=O) groups is 2. The van der Waals surface area contributed by atoms with Crippen molar-refractivity contribution in [1.82, 2.24) is 9.97 Å². The van der Waals surface area contributed by atoms with Crippen LogP contribution in [0.5, 0.6) is 0 Å². The predicted octanol–water partition coefficient (Wildman–Crippen LogP) is 5.30. The minimum atomic E-state index is -0.444. The van der Waals surface area contributed by atoms with Gasteiger partial charge in [-0.3, -0.25) is 9.78 Å². The van der Waals surface area contributed by atoms with Crippen molar-refractivity contribution in [2.45, 2.75) is 6.92 Å². The van der Waals surface area contributed by atoms with Crippen molar-refractivity contribution in [2.75, 3.05) is 17.7 Å². The Morgan fingerprint density at radius 1 is 1.03 bits per heavy atom. The van der Waals surface area contributed by atoms with E-state index in [2.05, 4.69) is 25.3 Å². The van der Waals surface area contributed by atoms with Gasteiger partial charge in [-0.15, -0.1) is 11.3 Å². The Hall–Kier alpha value is -4.04. The number of aryl methyl sites for hydroxylation is 1. The zero-order valence-electron chi connectivity index (χ0n) is 17.5. The van der Waals surface area contributed by atoms with Gasteiger partial charge in [-0.2, -0.15) is 0 Å². The van der Waals surface area contributed by atoms with Crippen LogP contribution in [0.4, 0.5) is 16.5 Å². The molecule has 2 N–H and O–H groups in total. The molecule has 0 bridgehead atoms. The van der Waals surface area contributed by atoms with E-state index in [0.29, 0.717) is 16.8 Å². The van der Waals surface area contributed by atoms with Crippen LogP contribution in [0.25, 0.3) is 11.3 Å². The van der Waals surface area contributed by atoms with Gasteiger partial charge in [0, 0.05) is 40.3 Å². The van der Waals surface area contributed by atoms with Gasteiger partial charge < -0.3 is 15.4 Å². The van der Waals surface area contributed by atoms with Crippen LogP contribution in [-0.2, 0) is 4.74 Å². The number of amides is 1. The second kappa shape index (κ2) is 9.40. The highest BCUT2D eigenvalue weighted by atomic mass is 32.1. The van der Waals surface area contributed by atoms with E-state index >= 15 is 0 Å². The highest BCUT2D eigenvalue weighted by molar-refractivity contribution is 7.14. The maximum absolute atomic E-state index is 12.6. The number of methoxy groups -OCH3 is 1. The van der Waals surface area contributed by atoms with Crippen LogP contribution < -0.4 is 10.6 Å². The summed E-state index contributed by atoms with van der Waals surface area (Å²) in [6, 6.07) is 15.8. The van der Waals surface area contributed by atoms with Gasteiger partial charge in [0.25, 0.3) is 5.91 Å². The number of carbonyl (C=O) groups excluding carboxylic acids is 2. The minimum absolute atomic E-state index is 0.274. The smallest absolute Gasteiger partial charge is 0.337 e. The number of anilines is 3. The summed E-state index contributed by atoms with van der Waals surface area (Å²) in [5, 5.41) is 8.93. The van der Waals surface area contributed by atoms with Crippen molar-refractivity contribution in [1.29, 1.82) is 0 Å². The molecule has 2 aromatic carbocycles. The highest BCUT2D eigenvalue weighted by Gasteiger charge is 2.11. The lowest BCUT2D eigenvalue weighted by molar-refractivity contribution is 0.0600. The minimum Gasteiger partial charge on any atom is -0.465 e. The SMILES string of the molecule is COC(=O)c1ccc(C(=O)Nc2ccc(C)c(Nc3nc(-c4cccnc4)cs3)c2)cc1. The van der Waals surface area contributed by atoms with E-state index in [9.17, 15) is 9.59 Å². The van der Waals surface area contributed by atoms with Crippen LogP contribution in [0, 0.1) is 6.92 Å². The maximum Gasteiger partial charge on any atom is 0.337 e. The molecule has 4 rings (SSSR count). The topological polar surface area (TPSA) is 93.2 Å². The van der Waals surface area contributed by atoms with E-state index < -0.39 is 5.97 Å². The summed E-state index contributed by atoms with van der Waals surface area (Å²) in [6.45, 7) is 1.98. The van der Waals surface area contributed by atoms with Gasteiger partial charge >= 0.3 is 5.97 Å². The lowest BCUT2D eigenvalue weighted by Crippen LogP contribution is -2.12. The van der Waals surface area contributed by atoms with Crippen LogP contribution in [0.3, 0.4) is 0 Å². The summed E-state index contributed by atoms with van der Waals surface area (Å²) in [6.07, 6.45) is 3.50. The van der Waals surface area contributed by atoms with Crippen LogP contribution in [0.2, 0.25) is 0 Å². The number of thiazole rings is 1. The molecule has 0 fully saturated rings. The third-order valence-corrected chi connectivity index (χ3v) is 5.52. The van der Waals surface area contributed by atoms with Crippen LogP contribution in [0.1, 0.15) is 26.3 Å². The van der Waals surface area contributed by atoms with Crippen LogP contribution in [0.15, 0.2) is 72.4 Å². The Morgan fingerprint density at radius 2 is 1.81 bits per heavy atom. The van der Waals surface area contributed by atoms with Crippen LogP contribution >= 0.6 is 11.3 Å². The molecule has 2 aromatic heterocycles. The molecule has 0 saturated carbocycles. The average molecular weight is 445 g/mol. The fraction of sp³-hybridized carbons (Fsp3) is 0.0833. The first-order chi connectivity index (χ1) is 15.5. The monoisotopic (exact) mass is 444 g/mol. The molecule has 0 spiro atoms. The fourth-order valence-electron chi connectivity index (χ4n) is 3.01. The van der Waals surface area contributed by atoms with Crippen molar-refractivity contribution in [2.24, 2.45) is 0 Å². The molecule has 0 saturated heterocycles. The van der Waals surface area contributed by atoms with E-state index in [-0.39, 0.29) is 5.91 Å². The average Bonchev–Trinajstić information content (AvgIpc) is 3.30. The predicted molar refractivity (Wildman–Crippen MR) is 126 cm³/mol. The number of nitrogens with zero attached hydrogens (tertiary/aromatic N) is 2. The lowest BCUT2D eigenvalue weighted by Gasteiger charge is -2.11. The number of aromatic nitrogens is 2. The Labute approximate surface area is 189 Å². The van der Waals surface area contributed by atoms with Crippen molar-refractivity contribution in [3.05, 3.63) is 89.1 Å². The van der Waals surface area contributed by atoms with Gasteiger partial charge in [0.05, 0.1) is 18.4 Å². The molecule has 8 heteroatoms. The number of pyridine rings is 1. The Bertz CT molecular complexity index is 1250. The summed E-state index contributed by atoms with van der Waals surface area (Å²) >= 11 is 1.49. The summed E-state index contributed by atoms with van der Waals surface area (Å²) in [4.78, 5) is 32.9. The maximum atomic E-state index is 12.6. The van der Waals surface area contributed by atoms with Crippen molar-refractivity contribution >= 4 is 39.7 Å². The molecule has 7 nitrogen and oxygen atoms in total. The molecule has 2 heterocycles. The molecule has 0 aliphatic carbocycles. The molecule has 0 aliphatic rings. The number of nitrogens with one attached hydrogen (secondary N) is 2. The van der Waals surface area contributed by atoms with Gasteiger partial charge in [-0.05, 0) is 61.0 Å². The molecular weight excluding hydrogens is 424 g/mol. The molecule has 0 atom stereocenters. The van der Waals surface area contributed by atoms with Gasteiger partial charge in [-0.25, -0.2) is 9.78 Å². The van der Waals surface area contributed by atoms with Gasteiger partial charge in [0.1, 0.15) is 0 Å². The molecule has 1 amide bonds. The van der Waals surface area contributed by atoms with Crippen molar-refractivity contribution in [3.63, 3.8) is 0 Å². The highest BCUT2D eigenvalue weighted by Crippen LogP contribution is 2.29. The van der Waals surface area contributed by atoms with Crippen molar-refractivity contribution in [3.8, 4) is 11.3 Å². The summed E-state index contributed by atoms with van der Waals surface area (Å²) in [5.41, 5.74) is 5.13. The summed E-state index contributed by atoms with van der Waals surface area (Å²) < 4.78 is 4.68. The Balaban J connectivity index is 1.47. The molecule has 160 valence electrons. The van der Waals surface area contributed by atoms with E-state index in [0.717, 1.165) is 27.6 Å². The van der Waals surface area contributed by atoms with Crippen molar-refractivity contribution < 1.29 is 14.3 Å². The van der Waals surface area contributed by atoms with Gasteiger partial charge in [0.15, 0.2) is 5.13 Å². The molecule has 0 unspecified atom stereocenters. The first-order valence-corrected chi connectivity index (χ1v) is 10.6. The molecule has 4 aromatic rings. The van der Waals surface area contributed by atoms with E-state index in [1.807, 2.05) is 42.6 Å². The van der Waals surface area contributed by atoms with Crippen LogP contribution in [-0.4, -0.2) is 29.0 Å². The molecule has 0 aliphatic heterocycles. The second-order valence-corrected chi connectivity index (χ2v) is 7.82. The Kier molecular flexibility index (Phi) is 6.23. The zero-order chi connectivity index (χ0) is 22.5. The quantitative estimate of drug-likeness (QED) is 0.392. The number of benzene rings is 2. The van der Waals surface area contributed by atoms with E-state index in [1.165, 1.54) is 18.4 Å². The molecule has 32 heavy (non-hydrogen) atoms. The number of hydrogen-bond donors (Lipinski definition) is 2. The third-order valence-electron chi connectivity index (χ3n) is 4.77. The Morgan fingerprint density at radius 3 is 2.53 bits per heavy atom. The zero-order valence-corrected chi connectivity index (χ0v) is 18.3. The summed E-state index contributed by atoms with van der Waals surface area (Å²) in [7, 11) is 1.32. The summed E-state index contributed by atoms with van der Waals surface area (Å²) in [5.74, 6) is -0.718. The number of esters is 1. The first-order valence-electron chi connectivity index (χ1n) is 9.77. The molecular formula is C24H20N4O3S. The normalized spacial score (nSPS) is 10.4.